The fourth-order valence-electron chi connectivity index (χ4n) is 2.00. The number of benzene rings is 1. The Labute approximate surface area is 113 Å². The third-order valence-electron chi connectivity index (χ3n) is 3.24. The van der Waals surface area contributed by atoms with Crippen molar-refractivity contribution in [2.24, 2.45) is 0 Å². The minimum absolute atomic E-state index is 0.0122. The lowest BCUT2D eigenvalue weighted by Crippen LogP contribution is -2.29. The zero-order chi connectivity index (χ0) is 13.9. The molecule has 104 valence electrons. The van der Waals surface area contributed by atoms with E-state index in [0.717, 1.165) is 18.7 Å². The van der Waals surface area contributed by atoms with Crippen LogP contribution in [0.4, 0.5) is 0 Å². The van der Waals surface area contributed by atoms with Crippen molar-refractivity contribution in [1.82, 2.24) is 10.6 Å². The number of rotatable bonds is 5. The van der Waals surface area contributed by atoms with Crippen LogP contribution in [0.2, 0.25) is 0 Å². The lowest BCUT2D eigenvalue weighted by Gasteiger charge is -2.06. The molecule has 6 heteroatoms. The average molecular weight is 282 g/mol. The third-order valence-corrected chi connectivity index (χ3v) is 4.94. The molecule has 0 aromatic heterocycles. The fourth-order valence-corrected chi connectivity index (χ4v) is 2.70. The molecule has 0 saturated carbocycles. The first-order valence-corrected chi connectivity index (χ1v) is 8.15. The van der Waals surface area contributed by atoms with Crippen LogP contribution in [0.25, 0.3) is 0 Å². The summed E-state index contributed by atoms with van der Waals surface area (Å²) in [5, 5.41) is 5.86. The maximum absolute atomic E-state index is 11.9. The van der Waals surface area contributed by atoms with Crippen LogP contribution in [0.5, 0.6) is 0 Å². The van der Waals surface area contributed by atoms with Gasteiger partial charge in [-0.3, -0.25) is 4.79 Å². The van der Waals surface area contributed by atoms with Gasteiger partial charge in [0, 0.05) is 31.0 Å². The summed E-state index contributed by atoms with van der Waals surface area (Å²) < 4.78 is 22.6. The molecule has 1 aromatic carbocycles. The van der Waals surface area contributed by atoms with E-state index in [-0.39, 0.29) is 24.0 Å². The van der Waals surface area contributed by atoms with Crippen LogP contribution in [0.15, 0.2) is 18.2 Å². The zero-order valence-electron chi connectivity index (χ0n) is 10.9. The Morgan fingerprint density at radius 1 is 1.32 bits per heavy atom. The van der Waals surface area contributed by atoms with Crippen molar-refractivity contribution in [2.45, 2.75) is 20.0 Å². The normalized spacial score (nSPS) is 14.2. The average Bonchev–Trinajstić information content (AvgIpc) is 2.85. The molecule has 1 aliphatic heterocycles. The minimum atomic E-state index is -3.03. The molecule has 0 unspecified atom stereocenters. The van der Waals surface area contributed by atoms with Crippen molar-refractivity contribution < 1.29 is 13.2 Å². The number of carbonyl (C=O) groups excluding carboxylic acids is 1. The van der Waals surface area contributed by atoms with E-state index in [1.807, 2.05) is 12.1 Å². The Morgan fingerprint density at radius 3 is 2.79 bits per heavy atom. The monoisotopic (exact) mass is 282 g/mol. The SMILES string of the molecule is CCS(=O)(=O)CCNC(=O)c1ccc2c(c1)CNC2. The predicted molar refractivity (Wildman–Crippen MR) is 73.6 cm³/mol. The highest BCUT2D eigenvalue weighted by Crippen LogP contribution is 2.16. The van der Waals surface area contributed by atoms with Crippen LogP contribution in [-0.4, -0.2) is 32.4 Å². The summed E-state index contributed by atoms with van der Waals surface area (Å²) in [6.07, 6.45) is 0. The van der Waals surface area contributed by atoms with Crippen molar-refractivity contribution in [3.05, 3.63) is 34.9 Å². The van der Waals surface area contributed by atoms with E-state index in [1.54, 1.807) is 13.0 Å². The van der Waals surface area contributed by atoms with Gasteiger partial charge in [-0.05, 0) is 23.3 Å². The second-order valence-corrected chi connectivity index (χ2v) is 7.05. The van der Waals surface area contributed by atoms with Gasteiger partial charge in [0.05, 0.1) is 5.75 Å². The fraction of sp³-hybridized carbons (Fsp3) is 0.462. The van der Waals surface area contributed by atoms with Gasteiger partial charge in [-0.1, -0.05) is 13.0 Å². The smallest absolute Gasteiger partial charge is 0.251 e. The second kappa shape index (κ2) is 5.71. The van der Waals surface area contributed by atoms with Crippen molar-refractivity contribution in [3.63, 3.8) is 0 Å². The summed E-state index contributed by atoms with van der Waals surface area (Å²) in [6.45, 7) is 3.38. The first kappa shape index (κ1) is 14.0. The molecule has 0 atom stereocenters. The van der Waals surface area contributed by atoms with Crippen LogP contribution < -0.4 is 10.6 Å². The van der Waals surface area contributed by atoms with Crippen LogP contribution >= 0.6 is 0 Å². The number of carbonyl (C=O) groups is 1. The molecule has 0 saturated heterocycles. The van der Waals surface area contributed by atoms with Gasteiger partial charge in [0.2, 0.25) is 0 Å². The molecule has 0 spiro atoms. The second-order valence-electron chi connectivity index (χ2n) is 4.58. The number of sulfone groups is 1. The number of fused-ring (bicyclic) bond motifs is 1. The van der Waals surface area contributed by atoms with Crippen LogP contribution in [0.3, 0.4) is 0 Å². The van der Waals surface area contributed by atoms with Gasteiger partial charge in [0.15, 0.2) is 9.84 Å². The Hall–Kier alpha value is -1.40. The van der Waals surface area contributed by atoms with Crippen molar-refractivity contribution >= 4 is 15.7 Å². The number of nitrogens with one attached hydrogen (secondary N) is 2. The van der Waals surface area contributed by atoms with Crippen molar-refractivity contribution in [1.29, 1.82) is 0 Å². The maximum atomic E-state index is 11.9. The molecule has 2 rings (SSSR count). The molecule has 0 aliphatic carbocycles. The molecular weight excluding hydrogens is 264 g/mol. The molecule has 1 aliphatic rings. The van der Waals surface area contributed by atoms with Crippen LogP contribution in [0.1, 0.15) is 28.4 Å². The zero-order valence-corrected chi connectivity index (χ0v) is 11.7. The van der Waals surface area contributed by atoms with Gasteiger partial charge in [0.1, 0.15) is 0 Å². The van der Waals surface area contributed by atoms with Crippen LogP contribution in [0, 0.1) is 0 Å². The van der Waals surface area contributed by atoms with E-state index < -0.39 is 9.84 Å². The quantitative estimate of drug-likeness (QED) is 0.822. The first-order valence-electron chi connectivity index (χ1n) is 6.33. The van der Waals surface area contributed by atoms with E-state index in [0.29, 0.717) is 5.56 Å². The topological polar surface area (TPSA) is 75.3 Å². The van der Waals surface area contributed by atoms with Gasteiger partial charge in [-0.2, -0.15) is 0 Å². The molecule has 1 aromatic rings. The van der Waals surface area contributed by atoms with Gasteiger partial charge in [-0.15, -0.1) is 0 Å². The summed E-state index contributed by atoms with van der Waals surface area (Å²) in [5.41, 5.74) is 2.93. The summed E-state index contributed by atoms with van der Waals surface area (Å²) in [7, 11) is -3.03. The number of hydrogen-bond donors (Lipinski definition) is 2. The summed E-state index contributed by atoms with van der Waals surface area (Å²) in [6, 6.07) is 5.57. The van der Waals surface area contributed by atoms with Gasteiger partial charge < -0.3 is 10.6 Å². The van der Waals surface area contributed by atoms with Crippen LogP contribution in [-0.2, 0) is 22.9 Å². The van der Waals surface area contributed by atoms with E-state index in [9.17, 15) is 13.2 Å². The third kappa shape index (κ3) is 3.54. The lowest BCUT2D eigenvalue weighted by molar-refractivity contribution is 0.0956. The summed E-state index contributed by atoms with van der Waals surface area (Å²) in [5.74, 6) is -0.129. The molecule has 2 N–H and O–H groups in total. The number of hydrogen-bond acceptors (Lipinski definition) is 4. The van der Waals surface area contributed by atoms with E-state index >= 15 is 0 Å². The molecule has 0 bridgehead atoms. The maximum Gasteiger partial charge on any atom is 0.251 e. The largest absolute Gasteiger partial charge is 0.351 e. The molecule has 5 nitrogen and oxygen atoms in total. The lowest BCUT2D eigenvalue weighted by atomic mass is 10.1. The summed E-state index contributed by atoms with van der Waals surface area (Å²) in [4.78, 5) is 11.9. The number of amides is 1. The van der Waals surface area contributed by atoms with Gasteiger partial charge in [-0.25, -0.2) is 8.42 Å². The van der Waals surface area contributed by atoms with Gasteiger partial charge in [0.25, 0.3) is 5.91 Å². The van der Waals surface area contributed by atoms with Gasteiger partial charge >= 0.3 is 0 Å². The Balaban J connectivity index is 1.94. The minimum Gasteiger partial charge on any atom is -0.351 e. The van der Waals surface area contributed by atoms with E-state index in [1.165, 1.54) is 5.56 Å². The molecule has 1 heterocycles. The molecule has 0 radical (unpaired) electrons. The molecule has 1 amide bonds. The standard InChI is InChI=1S/C13H18N2O3S/c1-2-19(17,18)6-5-15-13(16)10-3-4-11-8-14-9-12(11)7-10/h3-4,7,14H,2,5-6,8-9H2,1H3,(H,15,16). The van der Waals surface area contributed by atoms with Crippen molar-refractivity contribution in [3.8, 4) is 0 Å². The van der Waals surface area contributed by atoms with E-state index in [2.05, 4.69) is 10.6 Å². The molecule has 19 heavy (non-hydrogen) atoms. The highest BCUT2D eigenvalue weighted by Gasteiger charge is 2.14. The Morgan fingerprint density at radius 2 is 2.05 bits per heavy atom. The molecular formula is C13H18N2O3S. The Bertz CT molecular complexity index is 582. The highest BCUT2D eigenvalue weighted by atomic mass is 32.2. The predicted octanol–water partition coefficient (Wildman–Crippen LogP) is 0.454. The van der Waals surface area contributed by atoms with Crippen molar-refractivity contribution in [2.75, 3.05) is 18.1 Å². The Kier molecular flexibility index (Phi) is 4.21. The summed E-state index contributed by atoms with van der Waals surface area (Å²) >= 11 is 0. The first-order chi connectivity index (χ1) is 9.02. The highest BCUT2D eigenvalue weighted by molar-refractivity contribution is 7.91. The van der Waals surface area contributed by atoms with E-state index in [4.69, 9.17) is 0 Å². The molecule has 0 fully saturated rings.